The summed E-state index contributed by atoms with van der Waals surface area (Å²) in [6, 6.07) is 9.74. The minimum Gasteiger partial charge on any atom is -0.459 e. The van der Waals surface area contributed by atoms with Crippen LogP contribution in [0.4, 0.5) is 14.5 Å². The van der Waals surface area contributed by atoms with E-state index in [4.69, 9.17) is 4.74 Å². The van der Waals surface area contributed by atoms with E-state index in [1.54, 1.807) is 12.1 Å². The number of benzene rings is 2. The van der Waals surface area contributed by atoms with Gasteiger partial charge in [-0.25, -0.2) is 13.6 Å². The van der Waals surface area contributed by atoms with Crippen LogP contribution in [0.1, 0.15) is 22.3 Å². The third-order valence-corrected chi connectivity index (χ3v) is 3.56. The van der Waals surface area contributed by atoms with Crippen LogP contribution in [0.3, 0.4) is 0 Å². The van der Waals surface area contributed by atoms with Gasteiger partial charge in [-0.2, -0.15) is 0 Å². The molecule has 6 heteroatoms. The first-order chi connectivity index (χ1) is 11.0. The molecule has 23 heavy (non-hydrogen) atoms. The lowest BCUT2D eigenvalue weighted by molar-refractivity contribution is -0.145. The van der Waals surface area contributed by atoms with Crippen molar-refractivity contribution in [2.24, 2.45) is 0 Å². The second kappa shape index (κ2) is 6.16. The van der Waals surface area contributed by atoms with E-state index < -0.39 is 29.4 Å². The number of halogens is 2. The molecule has 2 aromatic rings. The van der Waals surface area contributed by atoms with Crippen LogP contribution in [0.25, 0.3) is 0 Å². The van der Waals surface area contributed by atoms with E-state index in [2.05, 4.69) is 5.32 Å². The summed E-state index contributed by atoms with van der Waals surface area (Å²) in [5.41, 5.74) is 0.555. The molecule has 1 aliphatic rings. The van der Waals surface area contributed by atoms with Gasteiger partial charge in [-0.15, -0.1) is 0 Å². The highest BCUT2D eigenvalue weighted by Crippen LogP contribution is 2.28. The average Bonchev–Trinajstić information content (AvgIpc) is 2.52. The first-order valence-corrected chi connectivity index (χ1v) is 7.04. The molecular weight excluding hydrogens is 304 g/mol. The summed E-state index contributed by atoms with van der Waals surface area (Å²) in [6.07, 6.45) is -0.233. The Hall–Kier alpha value is -2.76. The van der Waals surface area contributed by atoms with Gasteiger partial charge in [-0.05, 0) is 11.6 Å². The molecule has 0 unspecified atom stereocenters. The van der Waals surface area contributed by atoms with Crippen LogP contribution in [-0.2, 0) is 16.1 Å². The first-order valence-electron chi connectivity index (χ1n) is 7.04. The van der Waals surface area contributed by atoms with Gasteiger partial charge in [-0.1, -0.05) is 30.3 Å². The summed E-state index contributed by atoms with van der Waals surface area (Å²) in [5.74, 6) is -2.95. The number of rotatable bonds is 3. The van der Waals surface area contributed by atoms with E-state index in [1.165, 1.54) is 0 Å². The van der Waals surface area contributed by atoms with E-state index >= 15 is 0 Å². The van der Waals surface area contributed by atoms with Crippen LogP contribution in [0.5, 0.6) is 0 Å². The SMILES string of the molecule is O=C1C[C@H](C(=O)OCc2ccccc2)Nc2cc(F)cc(F)c21. The molecule has 0 aliphatic carbocycles. The molecule has 2 aromatic carbocycles. The Labute approximate surface area is 131 Å². The van der Waals surface area contributed by atoms with Gasteiger partial charge >= 0.3 is 5.97 Å². The van der Waals surface area contributed by atoms with Crippen molar-refractivity contribution in [3.05, 3.63) is 65.2 Å². The van der Waals surface area contributed by atoms with Gasteiger partial charge in [0.25, 0.3) is 0 Å². The van der Waals surface area contributed by atoms with Crippen LogP contribution < -0.4 is 5.32 Å². The average molecular weight is 317 g/mol. The van der Waals surface area contributed by atoms with Crippen molar-refractivity contribution in [1.29, 1.82) is 0 Å². The molecule has 0 saturated carbocycles. The Kier molecular flexibility index (Phi) is 4.06. The maximum absolute atomic E-state index is 13.7. The summed E-state index contributed by atoms with van der Waals surface area (Å²) in [7, 11) is 0. The number of anilines is 1. The highest BCUT2D eigenvalue weighted by molar-refractivity contribution is 6.06. The zero-order valence-corrected chi connectivity index (χ0v) is 12.0. The summed E-state index contributed by atoms with van der Waals surface area (Å²) < 4.78 is 32.1. The molecule has 3 rings (SSSR count). The highest BCUT2D eigenvalue weighted by Gasteiger charge is 2.32. The van der Waals surface area contributed by atoms with Gasteiger partial charge in [0, 0.05) is 12.5 Å². The van der Waals surface area contributed by atoms with Crippen LogP contribution >= 0.6 is 0 Å². The first kappa shape index (κ1) is 15.1. The van der Waals surface area contributed by atoms with E-state index in [0.717, 1.165) is 11.6 Å². The molecule has 0 saturated heterocycles. The van der Waals surface area contributed by atoms with Crippen molar-refractivity contribution in [2.45, 2.75) is 19.1 Å². The lowest BCUT2D eigenvalue weighted by Gasteiger charge is -2.25. The Morgan fingerprint density at radius 3 is 2.70 bits per heavy atom. The topological polar surface area (TPSA) is 55.4 Å². The second-order valence-corrected chi connectivity index (χ2v) is 5.23. The maximum atomic E-state index is 13.7. The summed E-state index contributed by atoms with van der Waals surface area (Å²) in [4.78, 5) is 24.1. The van der Waals surface area contributed by atoms with E-state index in [-0.39, 0.29) is 24.3 Å². The number of hydrogen-bond acceptors (Lipinski definition) is 4. The van der Waals surface area contributed by atoms with Crippen molar-refractivity contribution in [3.63, 3.8) is 0 Å². The lowest BCUT2D eigenvalue weighted by Crippen LogP contribution is -2.38. The summed E-state index contributed by atoms with van der Waals surface area (Å²) in [5, 5.41) is 2.67. The molecule has 0 radical (unpaired) electrons. The fourth-order valence-corrected chi connectivity index (χ4v) is 2.47. The predicted octanol–water partition coefficient (Wildman–Crippen LogP) is 3.08. The van der Waals surface area contributed by atoms with Gasteiger partial charge in [0.05, 0.1) is 11.3 Å². The summed E-state index contributed by atoms with van der Waals surface area (Å²) in [6.45, 7) is 0.0659. The molecule has 1 atom stereocenters. The molecule has 1 aliphatic heterocycles. The smallest absolute Gasteiger partial charge is 0.329 e. The Bertz CT molecular complexity index is 762. The fourth-order valence-electron chi connectivity index (χ4n) is 2.47. The molecule has 1 N–H and O–H groups in total. The van der Waals surface area contributed by atoms with Crippen molar-refractivity contribution >= 4 is 17.4 Å². The van der Waals surface area contributed by atoms with Crippen molar-refractivity contribution in [1.82, 2.24) is 0 Å². The number of carbonyl (C=O) groups is 2. The number of carbonyl (C=O) groups excluding carboxylic acids is 2. The quantitative estimate of drug-likeness (QED) is 0.884. The van der Waals surface area contributed by atoms with Gasteiger partial charge in [0.1, 0.15) is 24.3 Å². The van der Waals surface area contributed by atoms with Gasteiger partial charge in [-0.3, -0.25) is 4.79 Å². The van der Waals surface area contributed by atoms with Crippen LogP contribution in [0.2, 0.25) is 0 Å². The van der Waals surface area contributed by atoms with E-state index in [1.807, 2.05) is 18.2 Å². The van der Waals surface area contributed by atoms with Gasteiger partial charge in [0.2, 0.25) is 0 Å². The minimum absolute atomic E-state index is 0.0274. The Morgan fingerprint density at radius 2 is 1.96 bits per heavy atom. The van der Waals surface area contributed by atoms with Crippen molar-refractivity contribution in [3.8, 4) is 0 Å². The molecule has 0 fully saturated rings. The van der Waals surface area contributed by atoms with Crippen LogP contribution in [0.15, 0.2) is 42.5 Å². The van der Waals surface area contributed by atoms with Gasteiger partial charge in [0.15, 0.2) is 5.78 Å². The zero-order valence-electron chi connectivity index (χ0n) is 12.0. The highest BCUT2D eigenvalue weighted by atomic mass is 19.1. The Balaban J connectivity index is 1.72. The number of Topliss-reactive ketones (excluding diaryl/α,β-unsaturated/α-hetero) is 1. The molecular formula is C17H13F2NO3. The summed E-state index contributed by atoms with van der Waals surface area (Å²) >= 11 is 0. The van der Waals surface area contributed by atoms with Crippen molar-refractivity contribution in [2.75, 3.05) is 5.32 Å². The number of esters is 1. The maximum Gasteiger partial charge on any atom is 0.329 e. The molecule has 4 nitrogen and oxygen atoms in total. The van der Waals surface area contributed by atoms with Crippen LogP contribution in [-0.4, -0.2) is 17.8 Å². The lowest BCUT2D eigenvalue weighted by atomic mass is 9.96. The molecule has 0 aromatic heterocycles. The normalized spacial score (nSPS) is 16.4. The third kappa shape index (κ3) is 3.21. The number of ether oxygens (including phenoxy) is 1. The number of hydrogen-bond donors (Lipinski definition) is 1. The zero-order chi connectivity index (χ0) is 16.4. The third-order valence-electron chi connectivity index (χ3n) is 3.56. The fraction of sp³-hybridized carbons (Fsp3) is 0.176. The van der Waals surface area contributed by atoms with Gasteiger partial charge < -0.3 is 10.1 Å². The van der Waals surface area contributed by atoms with Crippen molar-refractivity contribution < 1.29 is 23.1 Å². The van der Waals surface area contributed by atoms with E-state index in [9.17, 15) is 18.4 Å². The number of nitrogens with one attached hydrogen (secondary N) is 1. The predicted molar refractivity (Wildman–Crippen MR) is 79.0 cm³/mol. The molecule has 0 bridgehead atoms. The molecule has 118 valence electrons. The standard InChI is InChI=1S/C17H13F2NO3/c18-11-6-12(19)16-13(7-11)20-14(8-15(16)21)17(22)23-9-10-4-2-1-3-5-10/h1-7,14,20H,8-9H2/t14-/m1/s1. The minimum atomic E-state index is -0.958. The number of ketones is 1. The van der Waals surface area contributed by atoms with E-state index in [0.29, 0.717) is 6.07 Å². The monoisotopic (exact) mass is 317 g/mol. The molecule has 0 spiro atoms. The molecule has 1 heterocycles. The Morgan fingerprint density at radius 1 is 1.22 bits per heavy atom. The van der Waals surface area contributed by atoms with Crippen LogP contribution in [0, 0.1) is 11.6 Å². The molecule has 0 amide bonds. The second-order valence-electron chi connectivity index (χ2n) is 5.23. The number of fused-ring (bicyclic) bond motifs is 1. The largest absolute Gasteiger partial charge is 0.459 e.